The monoisotopic (exact) mass is 374 g/mol. The number of nitrogens with zero attached hydrogens (tertiary/aromatic N) is 2. The van der Waals surface area contributed by atoms with Crippen LogP contribution >= 0.6 is 0 Å². The molecule has 0 spiro atoms. The van der Waals surface area contributed by atoms with Crippen LogP contribution in [0.3, 0.4) is 0 Å². The first kappa shape index (κ1) is 17.6. The number of fused-ring (bicyclic) bond motifs is 1. The van der Waals surface area contributed by atoms with E-state index in [4.69, 9.17) is 4.74 Å². The molecule has 0 bridgehead atoms. The van der Waals surface area contributed by atoms with Crippen molar-refractivity contribution < 1.29 is 22.9 Å². The fourth-order valence-corrected chi connectivity index (χ4v) is 4.07. The number of ether oxygens (including phenoxy) is 1. The van der Waals surface area contributed by atoms with Crippen LogP contribution in [0.25, 0.3) is 10.9 Å². The van der Waals surface area contributed by atoms with Crippen molar-refractivity contribution in [3.8, 4) is 0 Å². The molecule has 134 valence electrons. The van der Waals surface area contributed by atoms with Crippen molar-refractivity contribution >= 4 is 32.6 Å². The second-order valence-corrected chi connectivity index (χ2v) is 7.37. The van der Waals surface area contributed by atoms with Gasteiger partial charge in [0.1, 0.15) is 0 Å². The SMILES string of the molecule is COC(=O)c1cn(S(=O)(=O)c2ccc(C)c([N+](=O)[O-])c2)c2ccccc12. The third-order valence-corrected chi connectivity index (χ3v) is 5.69. The smallest absolute Gasteiger partial charge is 0.340 e. The molecule has 0 aliphatic rings. The molecule has 3 rings (SSSR count). The van der Waals surface area contributed by atoms with Gasteiger partial charge in [-0.15, -0.1) is 0 Å². The first-order valence-electron chi connectivity index (χ1n) is 7.46. The molecule has 0 atom stereocenters. The van der Waals surface area contributed by atoms with E-state index in [0.717, 1.165) is 16.2 Å². The van der Waals surface area contributed by atoms with E-state index in [1.54, 1.807) is 24.3 Å². The minimum atomic E-state index is -4.15. The van der Waals surface area contributed by atoms with E-state index in [1.165, 1.54) is 26.2 Å². The van der Waals surface area contributed by atoms with Gasteiger partial charge >= 0.3 is 5.97 Å². The molecule has 3 aromatic rings. The van der Waals surface area contributed by atoms with E-state index in [0.29, 0.717) is 10.9 Å². The van der Waals surface area contributed by atoms with Crippen LogP contribution in [0.15, 0.2) is 53.6 Å². The number of hydrogen-bond donors (Lipinski definition) is 0. The number of nitro groups is 1. The quantitative estimate of drug-likeness (QED) is 0.395. The lowest BCUT2D eigenvalue weighted by Gasteiger charge is -2.08. The predicted octanol–water partition coefficient (Wildman–Crippen LogP) is 2.88. The van der Waals surface area contributed by atoms with Crippen LogP contribution in [0, 0.1) is 17.0 Å². The zero-order valence-electron chi connectivity index (χ0n) is 13.9. The summed E-state index contributed by atoms with van der Waals surface area (Å²) in [5.41, 5.74) is 0.418. The summed E-state index contributed by atoms with van der Waals surface area (Å²) >= 11 is 0. The highest BCUT2D eigenvalue weighted by atomic mass is 32.2. The second-order valence-electron chi connectivity index (χ2n) is 5.56. The number of carbonyl (C=O) groups is 1. The Kier molecular flexibility index (Phi) is 4.25. The summed E-state index contributed by atoms with van der Waals surface area (Å²) < 4.78 is 31.7. The molecule has 1 heterocycles. The van der Waals surface area contributed by atoms with Crippen LogP contribution in [0.2, 0.25) is 0 Å². The molecule has 0 fully saturated rings. The van der Waals surface area contributed by atoms with Gasteiger partial charge in [-0.05, 0) is 19.1 Å². The molecule has 0 aliphatic heterocycles. The maximum atomic E-state index is 13.0. The molecule has 0 aliphatic carbocycles. The number of esters is 1. The van der Waals surface area contributed by atoms with Crippen molar-refractivity contribution in [2.24, 2.45) is 0 Å². The Morgan fingerprint density at radius 2 is 1.88 bits per heavy atom. The molecule has 1 aromatic heterocycles. The van der Waals surface area contributed by atoms with Crippen LogP contribution in [0.4, 0.5) is 5.69 Å². The molecular formula is C17H14N2O6S. The Labute approximate surface area is 148 Å². The van der Waals surface area contributed by atoms with Gasteiger partial charge in [-0.2, -0.15) is 0 Å². The second kappa shape index (κ2) is 6.26. The van der Waals surface area contributed by atoms with Gasteiger partial charge in [0.15, 0.2) is 0 Å². The lowest BCUT2D eigenvalue weighted by atomic mass is 10.2. The maximum Gasteiger partial charge on any atom is 0.340 e. The molecule has 9 heteroatoms. The highest BCUT2D eigenvalue weighted by molar-refractivity contribution is 7.90. The number of hydrogen-bond acceptors (Lipinski definition) is 6. The standard InChI is InChI=1S/C17H14N2O6S/c1-11-7-8-12(9-16(11)19(21)22)26(23,24)18-10-14(17(20)25-2)13-5-3-4-6-15(13)18/h3-10H,1-2H3. The van der Waals surface area contributed by atoms with Crippen molar-refractivity contribution in [3.63, 3.8) is 0 Å². The maximum absolute atomic E-state index is 13.0. The number of aryl methyl sites for hydroxylation is 1. The summed E-state index contributed by atoms with van der Waals surface area (Å²) in [5, 5.41) is 11.5. The molecule has 0 saturated heterocycles. The Hall–Kier alpha value is -3.20. The molecule has 2 aromatic carbocycles. The van der Waals surface area contributed by atoms with E-state index in [-0.39, 0.29) is 21.7 Å². The summed E-state index contributed by atoms with van der Waals surface area (Å²) in [6.07, 6.45) is 1.16. The molecule has 0 N–H and O–H groups in total. The van der Waals surface area contributed by atoms with E-state index in [2.05, 4.69) is 0 Å². The topological polar surface area (TPSA) is 109 Å². The summed E-state index contributed by atoms with van der Waals surface area (Å²) in [6, 6.07) is 10.1. The zero-order chi connectivity index (χ0) is 19.1. The van der Waals surface area contributed by atoms with E-state index in [1.807, 2.05) is 0 Å². The number of carbonyl (C=O) groups excluding carboxylic acids is 1. The van der Waals surface area contributed by atoms with E-state index in [9.17, 15) is 23.3 Å². The molecular weight excluding hydrogens is 360 g/mol. The highest BCUT2D eigenvalue weighted by Gasteiger charge is 2.26. The molecule has 0 saturated carbocycles. The van der Waals surface area contributed by atoms with Gasteiger partial charge in [0.2, 0.25) is 0 Å². The van der Waals surface area contributed by atoms with Crippen LogP contribution in [0.1, 0.15) is 15.9 Å². The average Bonchev–Trinajstić information content (AvgIpc) is 3.01. The number of para-hydroxylation sites is 1. The van der Waals surface area contributed by atoms with Crippen molar-refractivity contribution in [1.29, 1.82) is 0 Å². The summed E-state index contributed by atoms with van der Waals surface area (Å²) in [5.74, 6) is -0.676. The predicted molar refractivity (Wildman–Crippen MR) is 93.7 cm³/mol. The Bertz CT molecular complexity index is 1150. The highest BCUT2D eigenvalue weighted by Crippen LogP contribution is 2.29. The van der Waals surface area contributed by atoms with Crippen molar-refractivity contribution in [3.05, 3.63) is 69.9 Å². The largest absolute Gasteiger partial charge is 0.465 e. The van der Waals surface area contributed by atoms with Gasteiger partial charge in [-0.1, -0.05) is 24.3 Å². The van der Waals surface area contributed by atoms with Gasteiger partial charge in [0, 0.05) is 23.2 Å². The van der Waals surface area contributed by atoms with Gasteiger partial charge in [-0.3, -0.25) is 10.1 Å². The van der Waals surface area contributed by atoms with E-state index >= 15 is 0 Å². The van der Waals surface area contributed by atoms with Crippen molar-refractivity contribution in [1.82, 2.24) is 3.97 Å². The Morgan fingerprint density at radius 3 is 2.54 bits per heavy atom. The molecule has 0 unspecified atom stereocenters. The van der Waals surface area contributed by atoms with Gasteiger partial charge < -0.3 is 4.74 Å². The first-order chi connectivity index (χ1) is 12.3. The van der Waals surface area contributed by atoms with Gasteiger partial charge in [0.25, 0.3) is 15.7 Å². The minimum Gasteiger partial charge on any atom is -0.465 e. The molecule has 0 amide bonds. The third-order valence-electron chi connectivity index (χ3n) is 4.02. The minimum absolute atomic E-state index is 0.0910. The third kappa shape index (κ3) is 2.72. The fourth-order valence-electron chi connectivity index (χ4n) is 2.68. The lowest BCUT2D eigenvalue weighted by Crippen LogP contribution is -2.12. The first-order valence-corrected chi connectivity index (χ1v) is 8.90. The van der Waals surface area contributed by atoms with Crippen molar-refractivity contribution in [2.45, 2.75) is 11.8 Å². The van der Waals surface area contributed by atoms with Crippen LogP contribution in [-0.4, -0.2) is 30.4 Å². The Morgan fingerprint density at radius 1 is 1.19 bits per heavy atom. The van der Waals surface area contributed by atoms with Gasteiger partial charge in [-0.25, -0.2) is 17.2 Å². The lowest BCUT2D eigenvalue weighted by molar-refractivity contribution is -0.385. The summed E-state index contributed by atoms with van der Waals surface area (Å²) in [6.45, 7) is 1.52. The van der Waals surface area contributed by atoms with Crippen LogP contribution in [-0.2, 0) is 14.8 Å². The number of aromatic nitrogens is 1. The fraction of sp³-hybridized carbons (Fsp3) is 0.118. The number of rotatable bonds is 4. The number of benzene rings is 2. The number of nitro benzene ring substituents is 1. The zero-order valence-corrected chi connectivity index (χ0v) is 14.7. The van der Waals surface area contributed by atoms with Gasteiger partial charge in [0.05, 0.1) is 28.0 Å². The van der Waals surface area contributed by atoms with Crippen molar-refractivity contribution in [2.75, 3.05) is 7.11 Å². The average molecular weight is 374 g/mol. The molecule has 26 heavy (non-hydrogen) atoms. The van der Waals surface area contributed by atoms with Crippen LogP contribution < -0.4 is 0 Å². The van der Waals surface area contributed by atoms with E-state index < -0.39 is 20.9 Å². The molecule has 8 nitrogen and oxygen atoms in total. The molecule has 0 radical (unpaired) electrons. The normalized spacial score (nSPS) is 11.5. The summed E-state index contributed by atoms with van der Waals surface area (Å²) in [7, 11) is -2.95. The van der Waals surface area contributed by atoms with Crippen LogP contribution in [0.5, 0.6) is 0 Å². The summed E-state index contributed by atoms with van der Waals surface area (Å²) in [4.78, 5) is 22.2. The number of methoxy groups -OCH3 is 1. The Balaban J connectivity index is 2.28.